The van der Waals surface area contributed by atoms with E-state index in [1.165, 1.54) is 64.5 Å². The smallest absolute Gasteiger partial charge is 0.193 e. The van der Waals surface area contributed by atoms with Gasteiger partial charge in [0.1, 0.15) is 5.82 Å². The standard InChI is InChI=1S/C21H36N6S.HI/c1-3-22-19(26-15-13-21(16-26)11-7-12-21)23-14-6-10-18-24-25-20(28-2)27(18)17-8-4-5-9-17;/h17H,3-16H2,1-2H3,(H,22,23);1H. The minimum absolute atomic E-state index is 0. The lowest BCUT2D eigenvalue weighted by Gasteiger charge is -2.38. The Morgan fingerprint density at radius 3 is 2.62 bits per heavy atom. The van der Waals surface area contributed by atoms with Crippen LogP contribution in [0.3, 0.4) is 0 Å². The number of aromatic nitrogens is 3. The van der Waals surface area contributed by atoms with Crippen LogP contribution in [0.4, 0.5) is 0 Å². The van der Waals surface area contributed by atoms with Crippen LogP contribution in [-0.4, -0.2) is 58.1 Å². The summed E-state index contributed by atoms with van der Waals surface area (Å²) in [4.78, 5) is 7.45. The molecule has 0 aromatic carbocycles. The molecule has 8 heteroatoms. The molecule has 2 saturated carbocycles. The van der Waals surface area contributed by atoms with Crippen molar-refractivity contribution in [2.45, 2.75) is 82.3 Å². The number of aryl methyl sites for hydroxylation is 1. The summed E-state index contributed by atoms with van der Waals surface area (Å²) in [7, 11) is 0. The Labute approximate surface area is 197 Å². The fourth-order valence-electron chi connectivity index (χ4n) is 5.20. The lowest BCUT2D eigenvalue weighted by atomic mass is 9.68. The molecule has 2 heterocycles. The summed E-state index contributed by atoms with van der Waals surface area (Å²) in [5.41, 5.74) is 0.613. The van der Waals surface area contributed by atoms with Crippen molar-refractivity contribution in [3.8, 4) is 0 Å². The summed E-state index contributed by atoms with van der Waals surface area (Å²) in [6, 6.07) is 0.608. The molecule has 29 heavy (non-hydrogen) atoms. The van der Waals surface area contributed by atoms with Gasteiger partial charge in [0.05, 0.1) is 0 Å². The highest BCUT2D eigenvalue weighted by Gasteiger charge is 2.43. The molecule has 0 unspecified atom stereocenters. The van der Waals surface area contributed by atoms with Crippen molar-refractivity contribution in [3.63, 3.8) is 0 Å². The number of nitrogens with one attached hydrogen (secondary N) is 1. The van der Waals surface area contributed by atoms with E-state index in [1.54, 1.807) is 11.8 Å². The van der Waals surface area contributed by atoms with Crippen LogP contribution >= 0.6 is 35.7 Å². The molecule has 3 aliphatic rings. The van der Waals surface area contributed by atoms with Crippen molar-refractivity contribution in [1.82, 2.24) is 25.0 Å². The molecule has 3 fully saturated rings. The fourth-order valence-corrected chi connectivity index (χ4v) is 5.77. The van der Waals surface area contributed by atoms with E-state index < -0.39 is 0 Å². The second kappa shape index (κ2) is 10.7. The molecule has 1 saturated heterocycles. The second-order valence-corrected chi connectivity index (χ2v) is 9.55. The number of hydrogen-bond acceptors (Lipinski definition) is 4. The normalized spacial score (nSPS) is 21.4. The van der Waals surface area contributed by atoms with Gasteiger partial charge in [-0.15, -0.1) is 34.2 Å². The van der Waals surface area contributed by atoms with Gasteiger partial charge in [-0.3, -0.25) is 4.99 Å². The number of rotatable bonds is 7. The Kier molecular flexibility index (Phi) is 8.53. The third-order valence-corrected chi connectivity index (χ3v) is 7.56. The van der Waals surface area contributed by atoms with Gasteiger partial charge in [-0.2, -0.15) is 0 Å². The summed E-state index contributed by atoms with van der Waals surface area (Å²) in [5, 5.41) is 13.6. The molecule has 1 aromatic rings. The molecule has 1 spiro atoms. The van der Waals surface area contributed by atoms with Crippen molar-refractivity contribution in [2.75, 3.05) is 32.4 Å². The van der Waals surface area contributed by atoms with Crippen molar-refractivity contribution in [1.29, 1.82) is 0 Å². The maximum Gasteiger partial charge on any atom is 0.193 e. The monoisotopic (exact) mass is 532 g/mol. The van der Waals surface area contributed by atoms with Crippen LogP contribution in [0.2, 0.25) is 0 Å². The third-order valence-electron chi connectivity index (χ3n) is 6.91. The summed E-state index contributed by atoms with van der Waals surface area (Å²) in [5.74, 6) is 2.28. The fraction of sp³-hybridized carbons (Fsp3) is 0.857. The molecule has 0 amide bonds. The van der Waals surface area contributed by atoms with E-state index in [2.05, 4.69) is 38.2 Å². The summed E-state index contributed by atoms with van der Waals surface area (Å²) < 4.78 is 2.42. The molecule has 1 aliphatic heterocycles. The number of thioether (sulfide) groups is 1. The number of nitrogens with zero attached hydrogens (tertiary/aromatic N) is 5. The van der Waals surface area contributed by atoms with E-state index in [9.17, 15) is 0 Å². The molecular formula is C21H37IN6S. The van der Waals surface area contributed by atoms with Crippen molar-refractivity contribution in [2.24, 2.45) is 10.4 Å². The van der Waals surface area contributed by atoms with Gasteiger partial charge < -0.3 is 14.8 Å². The Morgan fingerprint density at radius 1 is 1.21 bits per heavy atom. The first kappa shape index (κ1) is 23.2. The van der Waals surface area contributed by atoms with Gasteiger partial charge in [-0.05, 0) is 57.1 Å². The highest BCUT2D eigenvalue weighted by atomic mass is 127. The van der Waals surface area contributed by atoms with Gasteiger partial charge in [-0.1, -0.05) is 31.0 Å². The maximum atomic E-state index is 4.96. The van der Waals surface area contributed by atoms with Crippen LogP contribution in [0.5, 0.6) is 0 Å². The molecule has 164 valence electrons. The number of aliphatic imine (C=N–C) groups is 1. The molecular weight excluding hydrogens is 495 g/mol. The van der Waals surface area contributed by atoms with E-state index >= 15 is 0 Å². The molecule has 0 atom stereocenters. The van der Waals surface area contributed by atoms with Crippen molar-refractivity contribution >= 4 is 41.7 Å². The average Bonchev–Trinajstić information content (AvgIpc) is 3.42. The lowest BCUT2D eigenvalue weighted by molar-refractivity contribution is 0.151. The predicted molar refractivity (Wildman–Crippen MR) is 131 cm³/mol. The first-order chi connectivity index (χ1) is 13.7. The molecule has 4 rings (SSSR count). The zero-order chi connectivity index (χ0) is 19.4. The van der Waals surface area contributed by atoms with E-state index in [4.69, 9.17) is 4.99 Å². The predicted octanol–water partition coefficient (Wildman–Crippen LogP) is 4.51. The first-order valence-corrected chi connectivity index (χ1v) is 12.5. The zero-order valence-electron chi connectivity index (χ0n) is 18.0. The highest BCUT2D eigenvalue weighted by Crippen LogP contribution is 2.47. The SMILES string of the molecule is CCNC(=NCCCc1nnc(SC)n1C1CCCC1)N1CCC2(CCC2)C1.I. The van der Waals surface area contributed by atoms with Crippen LogP contribution in [0.1, 0.15) is 76.6 Å². The van der Waals surface area contributed by atoms with Gasteiger partial charge in [0.2, 0.25) is 0 Å². The van der Waals surface area contributed by atoms with Crippen molar-refractivity contribution in [3.05, 3.63) is 5.82 Å². The van der Waals surface area contributed by atoms with Crippen molar-refractivity contribution < 1.29 is 0 Å². The second-order valence-electron chi connectivity index (χ2n) is 8.78. The minimum atomic E-state index is 0. The molecule has 1 aromatic heterocycles. The van der Waals surface area contributed by atoms with Gasteiger partial charge in [0, 0.05) is 38.6 Å². The van der Waals surface area contributed by atoms with Crippen LogP contribution in [0, 0.1) is 5.41 Å². The quantitative estimate of drug-likeness (QED) is 0.184. The van der Waals surface area contributed by atoms with Crippen LogP contribution in [0.15, 0.2) is 10.1 Å². The Hall–Kier alpha value is -0.510. The van der Waals surface area contributed by atoms with E-state index in [1.807, 2.05) is 0 Å². The Morgan fingerprint density at radius 2 is 2.00 bits per heavy atom. The maximum absolute atomic E-state index is 4.96. The number of likely N-dealkylation sites (tertiary alicyclic amines) is 1. The minimum Gasteiger partial charge on any atom is -0.357 e. The topological polar surface area (TPSA) is 58.3 Å². The third kappa shape index (κ3) is 5.22. The Bertz CT molecular complexity index is 681. The first-order valence-electron chi connectivity index (χ1n) is 11.3. The molecule has 0 bridgehead atoms. The van der Waals surface area contributed by atoms with Gasteiger partial charge in [0.25, 0.3) is 0 Å². The molecule has 1 N–H and O–H groups in total. The largest absolute Gasteiger partial charge is 0.357 e. The van der Waals surface area contributed by atoms with Gasteiger partial charge >= 0.3 is 0 Å². The van der Waals surface area contributed by atoms with E-state index in [0.717, 1.165) is 42.9 Å². The van der Waals surface area contributed by atoms with Gasteiger partial charge in [0.15, 0.2) is 11.1 Å². The average molecular weight is 533 g/mol. The number of guanidine groups is 1. The highest BCUT2D eigenvalue weighted by molar-refractivity contribution is 14.0. The molecule has 2 aliphatic carbocycles. The van der Waals surface area contributed by atoms with Crippen LogP contribution in [0.25, 0.3) is 0 Å². The Balaban J connectivity index is 0.00000240. The summed E-state index contributed by atoms with van der Waals surface area (Å²) >= 11 is 1.72. The number of hydrogen-bond donors (Lipinski definition) is 1. The van der Waals surface area contributed by atoms with E-state index in [0.29, 0.717) is 11.5 Å². The summed E-state index contributed by atoms with van der Waals surface area (Å²) in [6.45, 7) is 6.33. The summed E-state index contributed by atoms with van der Waals surface area (Å²) in [6.07, 6.45) is 14.9. The number of halogens is 1. The lowest BCUT2D eigenvalue weighted by Crippen LogP contribution is -2.42. The van der Waals surface area contributed by atoms with Crippen LogP contribution < -0.4 is 5.32 Å². The van der Waals surface area contributed by atoms with Gasteiger partial charge in [-0.25, -0.2) is 0 Å². The molecule has 0 radical (unpaired) electrons. The van der Waals surface area contributed by atoms with Crippen LogP contribution in [-0.2, 0) is 6.42 Å². The van der Waals surface area contributed by atoms with E-state index in [-0.39, 0.29) is 24.0 Å². The molecule has 6 nitrogen and oxygen atoms in total. The zero-order valence-corrected chi connectivity index (χ0v) is 21.2.